The zero-order valence-corrected chi connectivity index (χ0v) is 12.0. The maximum atomic E-state index is 12.0. The number of benzene rings is 1. The predicted molar refractivity (Wildman–Crippen MR) is 82.3 cm³/mol. The second-order valence-corrected chi connectivity index (χ2v) is 4.57. The van der Waals surface area contributed by atoms with Gasteiger partial charge in [0.1, 0.15) is 0 Å². The molecule has 0 bridgehead atoms. The van der Waals surface area contributed by atoms with Gasteiger partial charge in [0.25, 0.3) is 5.91 Å². The zero-order valence-electron chi connectivity index (χ0n) is 12.0. The van der Waals surface area contributed by atoms with Gasteiger partial charge in [-0.3, -0.25) is 14.5 Å². The minimum Gasteiger partial charge on any atom is -0.493 e. The molecule has 1 amide bonds. The molecular formula is C16H15N3O3. The van der Waals surface area contributed by atoms with Crippen LogP contribution in [0.5, 0.6) is 11.5 Å². The number of imidazole rings is 1. The average molecular weight is 297 g/mol. The van der Waals surface area contributed by atoms with Crippen molar-refractivity contribution in [1.82, 2.24) is 9.38 Å². The van der Waals surface area contributed by atoms with Gasteiger partial charge in [-0.25, -0.2) is 4.98 Å². The number of hydrogen-bond donors (Lipinski definition) is 1. The Morgan fingerprint density at radius 1 is 1.18 bits per heavy atom. The van der Waals surface area contributed by atoms with Gasteiger partial charge < -0.3 is 9.47 Å². The van der Waals surface area contributed by atoms with E-state index in [1.54, 1.807) is 29.8 Å². The lowest BCUT2D eigenvalue weighted by atomic mass is 10.3. The number of hydrogen-bond acceptors (Lipinski definition) is 4. The molecule has 3 aromatic rings. The smallest absolute Gasteiger partial charge is 0.264 e. The lowest BCUT2D eigenvalue weighted by Gasteiger charge is -2.10. The molecular weight excluding hydrogens is 282 g/mol. The summed E-state index contributed by atoms with van der Waals surface area (Å²) in [7, 11) is 1.55. The van der Waals surface area contributed by atoms with Crippen LogP contribution in [0.4, 0.5) is 5.95 Å². The van der Waals surface area contributed by atoms with Crippen molar-refractivity contribution in [2.24, 2.45) is 0 Å². The minimum absolute atomic E-state index is 0.123. The van der Waals surface area contributed by atoms with Crippen molar-refractivity contribution < 1.29 is 14.3 Å². The number of rotatable bonds is 5. The number of anilines is 1. The number of fused-ring (bicyclic) bond motifs is 1. The third-order valence-electron chi connectivity index (χ3n) is 3.12. The van der Waals surface area contributed by atoms with Crippen molar-refractivity contribution in [2.45, 2.75) is 0 Å². The molecule has 0 atom stereocenters. The molecule has 22 heavy (non-hydrogen) atoms. The number of carbonyl (C=O) groups excluding carboxylic acids is 1. The second-order valence-electron chi connectivity index (χ2n) is 4.57. The van der Waals surface area contributed by atoms with Crippen LogP contribution in [0.15, 0.2) is 54.9 Å². The van der Waals surface area contributed by atoms with Gasteiger partial charge >= 0.3 is 0 Å². The Balaban J connectivity index is 1.65. The Morgan fingerprint density at radius 3 is 2.77 bits per heavy atom. The van der Waals surface area contributed by atoms with Crippen LogP contribution < -0.4 is 14.8 Å². The number of para-hydroxylation sites is 2. The van der Waals surface area contributed by atoms with Crippen LogP contribution in [0.25, 0.3) is 5.52 Å². The summed E-state index contributed by atoms with van der Waals surface area (Å²) in [6.07, 6.45) is 3.52. The number of ether oxygens (including phenoxy) is 2. The molecule has 0 radical (unpaired) electrons. The Hall–Kier alpha value is -3.02. The molecule has 0 saturated heterocycles. The normalized spacial score (nSPS) is 10.4. The summed E-state index contributed by atoms with van der Waals surface area (Å²) in [5.41, 5.74) is 0.906. The van der Waals surface area contributed by atoms with Crippen molar-refractivity contribution in [2.75, 3.05) is 19.0 Å². The van der Waals surface area contributed by atoms with Gasteiger partial charge in [-0.05, 0) is 24.3 Å². The van der Waals surface area contributed by atoms with Gasteiger partial charge in [0.15, 0.2) is 18.1 Å². The van der Waals surface area contributed by atoms with Gasteiger partial charge in [-0.1, -0.05) is 18.2 Å². The Bertz CT molecular complexity index is 798. The highest BCUT2D eigenvalue weighted by molar-refractivity contribution is 5.90. The maximum absolute atomic E-state index is 12.0. The van der Waals surface area contributed by atoms with E-state index in [4.69, 9.17) is 9.47 Å². The second kappa shape index (κ2) is 6.17. The molecule has 0 aliphatic rings. The van der Waals surface area contributed by atoms with Gasteiger partial charge in [0.2, 0.25) is 5.95 Å². The molecule has 2 heterocycles. The summed E-state index contributed by atoms with van der Waals surface area (Å²) in [5, 5.41) is 2.72. The highest BCUT2D eigenvalue weighted by atomic mass is 16.5. The lowest BCUT2D eigenvalue weighted by molar-refractivity contribution is -0.118. The van der Waals surface area contributed by atoms with E-state index in [1.807, 2.05) is 36.5 Å². The predicted octanol–water partition coefficient (Wildman–Crippen LogP) is 2.36. The molecule has 0 saturated carbocycles. The Kier molecular flexibility index (Phi) is 3.91. The monoisotopic (exact) mass is 297 g/mol. The third-order valence-corrected chi connectivity index (χ3v) is 3.12. The summed E-state index contributed by atoms with van der Waals surface area (Å²) in [4.78, 5) is 16.2. The topological polar surface area (TPSA) is 64.9 Å². The average Bonchev–Trinajstić information content (AvgIpc) is 2.96. The lowest BCUT2D eigenvalue weighted by Crippen LogP contribution is -2.21. The Labute approximate surface area is 127 Å². The molecule has 0 unspecified atom stereocenters. The first kappa shape index (κ1) is 13.9. The van der Waals surface area contributed by atoms with E-state index < -0.39 is 0 Å². The van der Waals surface area contributed by atoms with Crippen LogP contribution in [0.3, 0.4) is 0 Å². The van der Waals surface area contributed by atoms with Crippen LogP contribution in [0, 0.1) is 0 Å². The van der Waals surface area contributed by atoms with Crippen molar-refractivity contribution in [3.63, 3.8) is 0 Å². The first-order chi connectivity index (χ1) is 10.8. The van der Waals surface area contributed by atoms with Gasteiger partial charge in [-0.15, -0.1) is 0 Å². The van der Waals surface area contributed by atoms with Gasteiger partial charge in [-0.2, -0.15) is 0 Å². The first-order valence-corrected chi connectivity index (χ1v) is 6.75. The van der Waals surface area contributed by atoms with E-state index in [-0.39, 0.29) is 12.5 Å². The van der Waals surface area contributed by atoms with Crippen molar-refractivity contribution >= 4 is 17.4 Å². The third kappa shape index (κ3) is 2.85. The van der Waals surface area contributed by atoms with Crippen molar-refractivity contribution in [1.29, 1.82) is 0 Å². The molecule has 6 nitrogen and oxygen atoms in total. The number of aromatic nitrogens is 2. The fourth-order valence-electron chi connectivity index (χ4n) is 2.08. The zero-order chi connectivity index (χ0) is 15.4. The molecule has 0 fully saturated rings. The molecule has 0 spiro atoms. The number of nitrogens with one attached hydrogen (secondary N) is 1. The fraction of sp³-hybridized carbons (Fsp3) is 0.125. The van der Waals surface area contributed by atoms with Gasteiger partial charge in [0.05, 0.1) is 18.8 Å². The molecule has 6 heteroatoms. The van der Waals surface area contributed by atoms with E-state index >= 15 is 0 Å². The van der Waals surface area contributed by atoms with Crippen LogP contribution in [0.2, 0.25) is 0 Å². The van der Waals surface area contributed by atoms with Gasteiger partial charge in [0, 0.05) is 6.20 Å². The maximum Gasteiger partial charge on any atom is 0.264 e. The van der Waals surface area contributed by atoms with Crippen LogP contribution in [-0.2, 0) is 4.79 Å². The minimum atomic E-state index is -0.290. The molecule has 112 valence electrons. The SMILES string of the molecule is COc1ccccc1OCC(=O)Nc1ncc2ccccn12. The molecule has 0 aliphatic carbocycles. The summed E-state index contributed by atoms with van der Waals surface area (Å²) >= 11 is 0. The van der Waals surface area contributed by atoms with Crippen LogP contribution >= 0.6 is 0 Å². The van der Waals surface area contributed by atoms with E-state index in [0.29, 0.717) is 17.4 Å². The van der Waals surface area contributed by atoms with Crippen LogP contribution in [0.1, 0.15) is 0 Å². The van der Waals surface area contributed by atoms with Crippen LogP contribution in [-0.4, -0.2) is 29.0 Å². The number of pyridine rings is 1. The first-order valence-electron chi connectivity index (χ1n) is 6.75. The molecule has 3 rings (SSSR count). The molecule has 1 aromatic carbocycles. The highest BCUT2D eigenvalue weighted by Crippen LogP contribution is 2.25. The Morgan fingerprint density at radius 2 is 1.95 bits per heavy atom. The number of nitrogens with zero attached hydrogens (tertiary/aromatic N) is 2. The van der Waals surface area contributed by atoms with E-state index in [1.165, 1.54) is 0 Å². The van der Waals surface area contributed by atoms with E-state index in [9.17, 15) is 4.79 Å². The fourth-order valence-corrected chi connectivity index (χ4v) is 2.08. The van der Waals surface area contributed by atoms with Crippen molar-refractivity contribution in [3.8, 4) is 11.5 Å². The number of methoxy groups -OCH3 is 1. The van der Waals surface area contributed by atoms with Crippen molar-refractivity contribution in [3.05, 3.63) is 54.9 Å². The quantitative estimate of drug-likeness (QED) is 0.785. The molecule has 0 aliphatic heterocycles. The van der Waals surface area contributed by atoms with E-state index in [2.05, 4.69) is 10.3 Å². The van der Waals surface area contributed by atoms with E-state index in [0.717, 1.165) is 5.52 Å². The molecule has 2 aromatic heterocycles. The summed E-state index contributed by atoms with van der Waals surface area (Å²) in [5.74, 6) is 1.28. The summed E-state index contributed by atoms with van der Waals surface area (Å²) < 4.78 is 12.4. The standard InChI is InChI=1S/C16H15N3O3/c1-21-13-7-2-3-8-14(13)22-11-15(20)18-16-17-10-12-6-4-5-9-19(12)16/h2-10H,11H2,1H3,(H,17,18,20). The summed E-state index contributed by atoms with van der Waals surface area (Å²) in [6.45, 7) is -0.123. The largest absolute Gasteiger partial charge is 0.493 e. The number of amides is 1. The highest BCUT2D eigenvalue weighted by Gasteiger charge is 2.10. The summed E-state index contributed by atoms with van der Waals surface area (Å²) in [6, 6.07) is 12.9. The molecule has 1 N–H and O–H groups in total. The number of carbonyl (C=O) groups is 1.